The van der Waals surface area contributed by atoms with E-state index in [2.05, 4.69) is 86.2 Å². The molecule has 6 rings (SSSR count). The van der Waals surface area contributed by atoms with Crippen molar-refractivity contribution in [2.24, 2.45) is 0 Å². The van der Waals surface area contributed by atoms with Crippen molar-refractivity contribution in [1.82, 2.24) is 14.9 Å². The SMILES string of the molecule is CC(C)(C)OC(=O)N1CCCC1c1ncc(-c2ccc(-c3cc4ccc(B5OC(C)(C)C(C)(C)O5)cc4s3)cc2)[nH]1. The first-order valence-corrected chi connectivity index (χ1v) is 15.2. The Labute approximate surface area is 246 Å². The number of carbonyl (C=O) groups excluding carboxylic acids is 1. The fourth-order valence-corrected chi connectivity index (χ4v) is 6.49. The molecular weight excluding hydrogens is 533 g/mol. The third-order valence-electron chi connectivity index (χ3n) is 8.34. The molecule has 0 radical (unpaired) electrons. The van der Waals surface area contributed by atoms with E-state index in [1.807, 2.05) is 27.0 Å². The zero-order valence-electron chi connectivity index (χ0n) is 24.9. The predicted octanol–water partition coefficient (Wildman–Crippen LogP) is 7.33. The Morgan fingerprint density at radius 1 is 1.05 bits per heavy atom. The van der Waals surface area contributed by atoms with Gasteiger partial charge in [0.2, 0.25) is 0 Å². The number of ether oxygens (including phenoxy) is 1. The summed E-state index contributed by atoms with van der Waals surface area (Å²) >= 11 is 1.77. The van der Waals surface area contributed by atoms with Crippen LogP contribution in [0.4, 0.5) is 4.79 Å². The van der Waals surface area contributed by atoms with Crippen LogP contribution in [0, 0.1) is 0 Å². The van der Waals surface area contributed by atoms with E-state index in [4.69, 9.17) is 14.0 Å². The second-order valence-electron chi connectivity index (χ2n) is 13.1. The summed E-state index contributed by atoms with van der Waals surface area (Å²) in [5, 5.41) is 1.21. The minimum atomic E-state index is -0.524. The van der Waals surface area contributed by atoms with Crippen molar-refractivity contribution in [3.05, 3.63) is 60.6 Å². The fraction of sp³-hybridized carbons (Fsp3) is 0.438. The highest BCUT2D eigenvalue weighted by atomic mass is 32.1. The summed E-state index contributed by atoms with van der Waals surface area (Å²) in [6.45, 7) is 14.7. The summed E-state index contributed by atoms with van der Waals surface area (Å²) in [5.41, 5.74) is 2.95. The molecule has 2 saturated heterocycles. The molecule has 1 unspecified atom stereocenters. The fourth-order valence-electron chi connectivity index (χ4n) is 5.37. The number of aromatic nitrogens is 2. The number of amides is 1. The van der Waals surface area contributed by atoms with Gasteiger partial charge in [-0.2, -0.15) is 0 Å². The lowest BCUT2D eigenvalue weighted by molar-refractivity contribution is 0.00578. The number of fused-ring (bicyclic) bond motifs is 1. The summed E-state index contributed by atoms with van der Waals surface area (Å²) < 4.78 is 19.4. The van der Waals surface area contributed by atoms with Crippen molar-refractivity contribution in [2.75, 3.05) is 6.54 Å². The van der Waals surface area contributed by atoms with Crippen LogP contribution < -0.4 is 5.46 Å². The first-order valence-electron chi connectivity index (χ1n) is 14.3. The molecule has 4 aromatic rings. The zero-order chi connectivity index (χ0) is 29.2. The first-order chi connectivity index (χ1) is 19.3. The minimum absolute atomic E-state index is 0.0986. The molecule has 1 N–H and O–H groups in total. The first kappa shape index (κ1) is 28.0. The maximum atomic E-state index is 12.7. The Morgan fingerprint density at radius 2 is 1.73 bits per heavy atom. The van der Waals surface area contributed by atoms with Gasteiger partial charge in [0.1, 0.15) is 11.4 Å². The van der Waals surface area contributed by atoms with Gasteiger partial charge in [-0.25, -0.2) is 9.78 Å². The molecule has 4 heterocycles. The normalized spacial score (nSPS) is 20.2. The number of thiophene rings is 1. The maximum Gasteiger partial charge on any atom is 0.494 e. The van der Waals surface area contributed by atoms with Gasteiger partial charge < -0.3 is 19.0 Å². The number of benzene rings is 2. The van der Waals surface area contributed by atoms with Gasteiger partial charge in [-0.1, -0.05) is 36.4 Å². The molecule has 1 atom stereocenters. The van der Waals surface area contributed by atoms with Gasteiger partial charge in [0.05, 0.1) is 29.1 Å². The number of hydrogen-bond acceptors (Lipinski definition) is 6. The third-order valence-corrected chi connectivity index (χ3v) is 9.49. The number of hydrogen-bond donors (Lipinski definition) is 1. The summed E-state index contributed by atoms with van der Waals surface area (Å²) in [7, 11) is -0.367. The lowest BCUT2D eigenvalue weighted by atomic mass is 9.79. The van der Waals surface area contributed by atoms with Crippen LogP contribution in [0.25, 0.3) is 31.8 Å². The van der Waals surface area contributed by atoms with Crippen molar-refractivity contribution in [2.45, 2.75) is 84.2 Å². The molecule has 0 bridgehead atoms. The Balaban J connectivity index is 1.18. The highest BCUT2D eigenvalue weighted by molar-refractivity contribution is 7.22. The molecule has 0 spiro atoms. The van der Waals surface area contributed by atoms with E-state index in [9.17, 15) is 4.79 Å². The van der Waals surface area contributed by atoms with Crippen LogP contribution in [0.2, 0.25) is 0 Å². The van der Waals surface area contributed by atoms with E-state index >= 15 is 0 Å². The largest absolute Gasteiger partial charge is 0.494 e. The zero-order valence-corrected chi connectivity index (χ0v) is 25.7. The molecule has 7 nitrogen and oxygen atoms in total. The lowest BCUT2D eigenvalue weighted by Gasteiger charge is -2.32. The van der Waals surface area contributed by atoms with Crippen LogP contribution in [0.5, 0.6) is 0 Å². The van der Waals surface area contributed by atoms with Gasteiger partial charge in [0.25, 0.3) is 0 Å². The maximum absolute atomic E-state index is 12.7. The highest BCUT2D eigenvalue weighted by Crippen LogP contribution is 2.38. The average Bonchev–Trinajstić information content (AvgIpc) is 3.68. The highest BCUT2D eigenvalue weighted by Gasteiger charge is 2.51. The van der Waals surface area contributed by atoms with E-state index < -0.39 is 5.60 Å². The number of H-pyrrole nitrogens is 1. The number of nitrogens with one attached hydrogen (secondary N) is 1. The summed E-state index contributed by atoms with van der Waals surface area (Å²) in [4.78, 5) is 23.9. The molecule has 9 heteroatoms. The molecule has 1 amide bonds. The number of likely N-dealkylation sites (tertiary alicyclic amines) is 1. The topological polar surface area (TPSA) is 76.7 Å². The van der Waals surface area contributed by atoms with Crippen molar-refractivity contribution in [3.63, 3.8) is 0 Å². The molecule has 41 heavy (non-hydrogen) atoms. The van der Waals surface area contributed by atoms with E-state index in [-0.39, 0.29) is 30.5 Å². The van der Waals surface area contributed by atoms with Gasteiger partial charge in [0, 0.05) is 16.1 Å². The molecular formula is C32H38BN3O4S. The quantitative estimate of drug-likeness (QED) is 0.260. The third kappa shape index (κ3) is 5.43. The number of nitrogens with zero attached hydrogens (tertiary/aromatic N) is 2. The molecule has 0 aliphatic carbocycles. The molecule has 2 aliphatic rings. The molecule has 2 fully saturated rings. The van der Waals surface area contributed by atoms with Gasteiger partial charge in [-0.3, -0.25) is 4.90 Å². The van der Waals surface area contributed by atoms with Gasteiger partial charge >= 0.3 is 13.2 Å². The Morgan fingerprint density at radius 3 is 2.41 bits per heavy atom. The molecule has 214 valence electrons. The van der Waals surface area contributed by atoms with Crippen LogP contribution >= 0.6 is 11.3 Å². The molecule has 2 aromatic carbocycles. The molecule has 0 saturated carbocycles. The van der Waals surface area contributed by atoms with Crippen molar-refractivity contribution in [3.8, 4) is 21.7 Å². The van der Waals surface area contributed by atoms with E-state index in [0.717, 1.165) is 35.4 Å². The van der Waals surface area contributed by atoms with Gasteiger partial charge in [-0.15, -0.1) is 11.3 Å². The second-order valence-corrected chi connectivity index (χ2v) is 14.2. The van der Waals surface area contributed by atoms with Gasteiger partial charge in [-0.05, 0) is 95.4 Å². The minimum Gasteiger partial charge on any atom is -0.444 e. The van der Waals surface area contributed by atoms with Crippen molar-refractivity contribution >= 4 is 40.1 Å². The average molecular weight is 572 g/mol. The standard InChI is InChI=1S/C32H38BN3O4S/c1-30(2,3)38-29(37)36-16-8-9-25(36)28-34-19-24(35-28)20-10-12-21(13-11-20)26-17-22-14-15-23(18-27(22)41-26)33-39-31(4,5)32(6,7)40-33/h10-15,17-19,25H,8-9,16H2,1-7H3,(H,34,35). The van der Waals surface area contributed by atoms with Crippen LogP contribution in [-0.4, -0.2) is 51.4 Å². The van der Waals surface area contributed by atoms with Crippen LogP contribution in [0.1, 0.15) is 73.2 Å². The Bertz CT molecular complexity index is 1570. The monoisotopic (exact) mass is 571 g/mol. The van der Waals surface area contributed by atoms with Gasteiger partial charge in [0.15, 0.2) is 0 Å². The Hall–Kier alpha value is -3.14. The summed E-state index contributed by atoms with van der Waals surface area (Å²) in [5.74, 6) is 0.801. The number of carbonyl (C=O) groups is 1. The molecule has 2 aliphatic heterocycles. The van der Waals surface area contributed by atoms with Crippen molar-refractivity contribution in [1.29, 1.82) is 0 Å². The van der Waals surface area contributed by atoms with Crippen LogP contribution in [-0.2, 0) is 14.0 Å². The van der Waals surface area contributed by atoms with E-state index in [0.29, 0.717) is 6.54 Å². The van der Waals surface area contributed by atoms with Crippen LogP contribution in [0.15, 0.2) is 54.7 Å². The van der Waals surface area contributed by atoms with E-state index in [1.54, 1.807) is 16.2 Å². The summed E-state index contributed by atoms with van der Waals surface area (Å²) in [6, 6.07) is 17.1. The lowest BCUT2D eigenvalue weighted by Crippen LogP contribution is -2.41. The van der Waals surface area contributed by atoms with Crippen molar-refractivity contribution < 1.29 is 18.8 Å². The molecule has 2 aromatic heterocycles. The smallest absolute Gasteiger partial charge is 0.444 e. The predicted molar refractivity (Wildman–Crippen MR) is 165 cm³/mol. The van der Waals surface area contributed by atoms with E-state index in [1.165, 1.54) is 20.5 Å². The second kappa shape index (κ2) is 10.00. The number of imidazole rings is 1. The number of aromatic amines is 1. The van der Waals surface area contributed by atoms with Crippen LogP contribution in [0.3, 0.4) is 0 Å². The summed E-state index contributed by atoms with van der Waals surface area (Å²) in [6.07, 6.45) is 3.37. The number of rotatable bonds is 4. The Kier molecular flexibility index (Phi) is 6.83.